The number of carbonyl (C=O) groups is 2. The Bertz CT molecular complexity index is 648. The third kappa shape index (κ3) is 2.59. The number of hydrogen-bond donors (Lipinski definition) is 0. The van der Waals surface area contributed by atoms with E-state index in [9.17, 15) is 19.8 Å². The van der Waals surface area contributed by atoms with Crippen molar-refractivity contribution in [3.8, 4) is 0 Å². The molecule has 7 nitrogen and oxygen atoms in total. The number of hydrogen-bond acceptors (Lipinski definition) is 6. The predicted octanol–water partition coefficient (Wildman–Crippen LogP) is -1.64. The van der Waals surface area contributed by atoms with Gasteiger partial charge in [-0.05, 0) is 12.5 Å². The molecule has 0 bridgehead atoms. The first-order chi connectivity index (χ1) is 8.99. The average molecular weight is 259 g/mol. The minimum Gasteiger partial charge on any atom is -0.543 e. The Morgan fingerprint density at radius 3 is 2.58 bits per heavy atom. The number of aryl methyl sites for hydroxylation is 1. The summed E-state index contributed by atoms with van der Waals surface area (Å²) in [6.45, 7) is 1.97. The van der Waals surface area contributed by atoms with Crippen LogP contribution < -0.4 is 10.2 Å². The summed E-state index contributed by atoms with van der Waals surface area (Å²) in [7, 11) is 0. The van der Waals surface area contributed by atoms with Crippen LogP contribution in [0, 0.1) is 6.92 Å². The average Bonchev–Trinajstić information content (AvgIpc) is 2.73. The second kappa shape index (κ2) is 4.89. The van der Waals surface area contributed by atoms with Crippen molar-refractivity contribution in [2.45, 2.75) is 13.5 Å². The zero-order chi connectivity index (χ0) is 14.0. The lowest BCUT2D eigenvalue weighted by molar-refractivity contribution is -0.260. The van der Waals surface area contributed by atoms with Gasteiger partial charge in [-0.1, -0.05) is 35.0 Å². The highest BCUT2D eigenvalue weighted by Crippen LogP contribution is 2.09. The van der Waals surface area contributed by atoms with Crippen molar-refractivity contribution >= 4 is 11.9 Å². The van der Waals surface area contributed by atoms with Crippen LogP contribution in [0.15, 0.2) is 24.3 Å². The lowest BCUT2D eigenvalue weighted by Crippen LogP contribution is -2.32. The summed E-state index contributed by atoms with van der Waals surface area (Å²) in [5.41, 5.74) is 0.444. The summed E-state index contributed by atoms with van der Waals surface area (Å²) in [6.07, 6.45) is 0. The van der Waals surface area contributed by atoms with Crippen LogP contribution in [-0.4, -0.2) is 26.9 Å². The first-order valence-corrected chi connectivity index (χ1v) is 5.40. The van der Waals surface area contributed by atoms with Gasteiger partial charge in [-0.15, -0.1) is 5.10 Å². The van der Waals surface area contributed by atoms with E-state index >= 15 is 0 Å². The fourth-order valence-electron chi connectivity index (χ4n) is 1.75. The molecule has 0 unspecified atom stereocenters. The third-order valence-electron chi connectivity index (χ3n) is 2.54. The summed E-state index contributed by atoms with van der Waals surface area (Å²) in [4.78, 5) is 21.7. The van der Waals surface area contributed by atoms with Crippen LogP contribution in [0.25, 0.3) is 0 Å². The molecule has 0 radical (unpaired) electrons. The highest BCUT2D eigenvalue weighted by atomic mass is 16.4. The zero-order valence-electron chi connectivity index (χ0n) is 9.99. The van der Waals surface area contributed by atoms with Crippen LogP contribution in [0.3, 0.4) is 0 Å². The fraction of sp³-hybridized carbons (Fsp3) is 0.167. The van der Waals surface area contributed by atoms with Crippen LogP contribution in [0.1, 0.15) is 32.1 Å². The second-order valence-corrected chi connectivity index (χ2v) is 4.01. The van der Waals surface area contributed by atoms with E-state index in [1.54, 1.807) is 12.1 Å². The maximum atomic E-state index is 11.0. The van der Waals surface area contributed by atoms with Crippen molar-refractivity contribution in [3.05, 3.63) is 46.8 Å². The van der Waals surface area contributed by atoms with Gasteiger partial charge in [0.1, 0.15) is 11.4 Å². The van der Waals surface area contributed by atoms with Crippen LogP contribution in [0.4, 0.5) is 0 Å². The molecule has 1 heterocycles. The third-order valence-corrected chi connectivity index (χ3v) is 2.54. The molecule has 2 aromatic rings. The molecule has 0 N–H and O–H groups in total. The zero-order valence-corrected chi connectivity index (χ0v) is 9.99. The number of nitrogens with zero attached hydrogens (tertiary/aromatic N) is 3. The number of rotatable bonds is 4. The van der Waals surface area contributed by atoms with Gasteiger partial charge in [0.25, 0.3) is 0 Å². The maximum absolute atomic E-state index is 11.0. The van der Waals surface area contributed by atoms with Crippen LogP contribution in [0.5, 0.6) is 0 Å². The molecule has 1 aromatic heterocycles. The van der Waals surface area contributed by atoms with Crippen molar-refractivity contribution in [2.75, 3.05) is 0 Å². The minimum absolute atomic E-state index is 0.0886. The van der Waals surface area contributed by atoms with Crippen molar-refractivity contribution in [2.24, 2.45) is 0 Å². The number of carboxylic acid groups (broad SMARTS) is 2. The second-order valence-electron chi connectivity index (χ2n) is 4.01. The van der Waals surface area contributed by atoms with Crippen LogP contribution in [0.2, 0.25) is 0 Å². The monoisotopic (exact) mass is 259 g/mol. The van der Waals surface area contributed by atoms with E-state index in [4.69, 9.17) is 0 Å². The molecule has 0 spiro atoms. The molecule has 1 aromatic carbocycles. The lowest BCUT2D eigenvalue weighted by Gasteiger charge is -2.09. The maximum Gasteiger partial charge on any atom is 0.137 e. The number of aromatic nitrogens is 3. The van der Waals surface area contributed by atoms with Gasteiger partial charge < -0.3 is 19.8 Å². The molecular weight excluding hydrogens is 250 g/mol. The van der Waals surface area contributed by atoms with Gasteiger partial charge in [-0.2, -0.15) is 0 Å². The number of benzene rings is 1. The first kappa shape index (κ1) is 12.7. The molecule has 98 valence electrons. The summed E-state index contributed by atoms with van der Waals surface area (Å²) in [6, 6.07) is 7.29. The van der Waals surface area contributed by atoms with E-state index in [1.165, 1.54) is 0 Å². The quantitative estimate of drug-likeness (QED) is 0.651. The SMILES string of the molecule is Cc1cccc(Cn2nnc(C(=O)[O-])c2C(=O)[O-])c1. The van der Waals surface area contributed by atoms with Crippen molar-refractivity contribution in [1.82, 2.24) is 15.0 Å². The molecule has 0 aliphatic carbocycles. The highest BCUT2D eigenvalue weighted by Gasteiger charge is 2.15. The predicted molar refractivity (Wildman–Crippen MR) is 59.0 cm³/mol. The topological polar surface area (TPSA) is 111 Å². The summed E-state index contributed by atoms with van der Waals surface area (Å²) < 4.78 is 0.967. The van der Waals surface area contributed by atoms with Gasteiger partial charge >= 0.3 is 0 Å². The highest BCUT2D eigenvalue weighted by molar-refractivity contribution is 5.97. The largest absolute Gasteiger partial charge is 0.543 e. The number of aromatic carboxylic acids is 2. The molecule has 0 saturated carbocycles. The van der Waals surface area contributed by atoms with E-state index in [1.807, 2.05) is 19.1 Å². The normalized spacial score (nSPS) is 10.4. The van der Waals surface area contributed by atoms with Crippen LogP contribution in [-0.2, 0) is 6.54 Å². The molecule has 0 atom stereocenters. The molecular formula is C12H9N3O4-2. The minimum atomic E-state index is -1.70. The summed E-state index contributed by atoms with van der Waals surface area (Å²) >= 11 is 0. The Balaban J connectivity index is 2.41. The summed E-state index contributed by atoms with van der Waals surface area (Å²) in [5.74, 6) is -3.36. The Morgan fingerprint density at radius 1 is 1.26 bits per heavy atom. The first-order valence-electron chi connectivity index (χ1n) is 5.40. The van der Waals surface area contributed by atoms with Gasteiger partial charge in [0.15, 0.2) is 0 Å². The van der Waals surface area contributed by atoms with Gasteiger partial charge in [0.05, 0.1) is 18.5 Å². The lowest BCUT2D eigenvalue weighted by atomic mass is 10.1. The van der Waals surface area contributed by atoms with E-state index < -0.39 is 23.3 Å². The Labute approximate surface area is 108 Å². The molecule has 19 heavy (non-hydrogen) atoms. The molecule has 0 aliphatic heterocycles. The van der Waals surface area contributed by atoms with Gasteiger partial charge in [0, 0.05) is 0 Å². The molecule has 7 heteroatoms. The van der Waals surface area contributed by atoms with E-state index in [-0.39, 0.29) is 6.54 Å². The summed E-state index contributed by atoms with van der Waals surface area (Å²) in [5, 5.41) is 28.5. The Kier molecular flexibility index (Phi) is 3.28. The van der Waals surface area contributed by atoms with E-state index in [2.05, 4.69) is 10.3 Å². The fourth-order valence-corrected chi connectivity index (χ4v) is 1.75. The molecule has 0 saturated heterocycles. The van der Waals surface area contributed by atoms with Crippen molar-refractivity contribution in [1.29, 1.82) is 0 Å². The van der Waals surface area contributed by atoms with E-state index in [0.717, 1.165) is 15.8 Å². The van der Waals surface area contributed by atoms with Crippen molar-refractivity contribution in [3.63, 3.8) is 0 Å². The Hall–Kier alpha value is -2.70. The number of carboxylic acids is 2. The molecule has 0 aliphatic rings. The van der Waals surface area contributed by atoms with Gasteiger partial charge in [-0.3, -0.25) is 0 Å². The van der Waals surface area contributed by atoms with Gasteiger partial charge in [0.2, 0.25) is 0 Å². The smallest absolute Gasteiger partial charge is 0.137 e. The Morgan fingerprint density at radius 2 is 2.00 bits per heavy atom. The van der Waals surface area contributed by atoms with Crippen LogP contribution >= 0.6 is 0 Å². The number of carbonyl (C=O) groups excluding carboxylic acids is 2. The molecule has 2 rings (SSSR count). The standard InChI is InChI=1S/C12H11N3O4/c1-7-3-2-4-8(5-7)6-15-10(12(18)19)9(11(16)17)13-14-15/h2-5H,6H2,1H3,(H,16,17)(H,18,19)/p-2. The van der Waals surface area contributed by atoms with Gasteiger partial charge in [-0.25, -0.2) is 4.68 Å². The van der Waals surface area contributed by atoms with E-state index in [0.29, 0.717) is 0 Å². The molecule has 0 amide bonds. The molecule has 0 fully saturated rings. The van der Waals surface area contributed by atoms with Crippen molar-refractivity contribution < 1.29 is 19.8 Å².